The maximum atomic E-state index is 14.1. The van der Waals surface area contributed by atoms with Crippen LogP contribution in [0.1, 0.15) is 50.3 Å². The van der Waals surface area contributed by atoms with E-state index in [0.29, 0.717) is 11.5 Å². The van der Waals surface area contributed by atoms with E-state index in [0.717, 1.165) is 19.4 Å². The number of hydrogen-bond donors (Lipinski definition) is 1. The first-order valence-electron chi connectivity index (χ1n) is 8.03. The molecule has 112 valence electrons. The average molecular weight is 288 g/mol. The zero-order valence-electron chi connectivity index (χ0n) is 12.1. The Bertz CT molecular complexity index is 564. The van der Waals surface area contributed by atoms with Crippen molar-refractivity contribution in [2.24, 2.45) is 5.92 Å². The zero-order chi connectivity index (χ0) is 14.4. The summed E-state index contributed by atoms with van der Waals surface area (Å²) < 4.78 is 14.1. The van der Waals surface area contributed by atoms with Gasteiger partial charge in [0.2, 0.25) is 5.91 Å². The van der Waals surface area contributed by atoms with E-state index in [1.165, 1.54) is 31.7 Å². The van der Waals surface area contributed by atoms with Crippen LogP contribution in [0, 0.1) is 11.7 Å². The summed E-state index contributed by atoms with van der Waals surface area (Å²) in [5.41, 5.74) is 0.221. The first-order valence-corrected chi connectivity index (χ1v) is 8.03. The highest BCUT2D eigenvalue weighted by molar-refractivity contribution is 5.92. The van der Waals surface area contributed by atoms with Crippen molar-refractivity contribution >= 4 is 5.91 Å². The van der Waals surface area contributed by atoms with Gasteiger partial charge < -0.3 is 4.90 Å². The second kappa shape index (κ2) is 4.80. The SMILES string of the molecule is O=C1N(CC2CCCC2)C(c2ccccc2F)NC12CC2. The Kier molecular flexibility index (Phi) is 3.03. The molecule has 1 amide bonds. The first-order chi connectivity index (χ1) is 10.2. The summed E-state index contributed by atoms with van der Waals surface area (Å²) >= 11 is 0. The average Bonchev–Trinajstić information content (AvgIpc) is 2.99. The van der Waals surface area contributed by atoms with E-state index in [1.807, 2.05) is 11.0 Å². The number of benzene rings is 1. The Morgan fingerprint density at radius 1 is 1.24 bits per heavy atom. The Hall–Kier alpha value is -1.42. The van der Waals surface area contributed by atoms with Crippen LogP contribution in [0.3, 0.4) is 0 Å². The van der Waals surface area contributed by atoms with E-state index in [9.17, 15) is 9.18 Å². The monoisotopic (exact) mass is 288 g/mol. The number of carbonyl (C=O) groups excluding carboxylic acids is 1. The Morgan fingerprint density at radius 3 is 2.62 bits per heavy atom. The van der Waals surface area contributed by atoms with Crippen molar-refractivity contribution in [1.82, 2.24) is 10.2 Å². The Balaban J connectivity index is 1.63. The van der Waals surface area contributed by atoms with Gasteiger partial charge in [0.25, 0.3) is 0 Å². The fourth-order valence-electron chi connectivity index (χ4n) is 3.88. The summed E-state index contributed by atoms with van der Waals surface area (Å²) in [7, 11) is 0. The number of carbonyl (C=O) groups is 1. The minimum atomic E-state index is -0.383. The third kappa shape index (κ3) is 2.16. The number of hydrogen-bond acceptors (Lipinski definition) is 2. The highest BCUT2D eigenvalue weighted by Gasteiger charge is 2.59. The summed E-state index contributed by atoms with van der Waals surface area (Å²) in [4.78, 5) is 14.6. The Morgan fingerprint density at radius 2 is 1.95 bits per heavy atom. The van der Waals surface area contributed by atoms with Crippen LogP contribution in [-0.2, 0) is 4.79 Å². The molecule has 2 aliphatic carbocycles. The molecule has 1 aromatic rings. The molecule has 1 N–H and O–H groups in total. The maximum absolute atomic E-state index is 14.1. The highest BCUT2D eigenvalue weighted by Crippen LogP contribution is 2.47. The van der Waals surface area contributed by atoms with E-state index in [4.69, 9.17) is 0 Å². The number of rotatable bonds is 3. The van der Waals surface area contributed by atoms with Crippen LogP contribution in [0.4, 0.5) is 4.39 Å². The molecular weight excluding hydrogens is 267 g/mol. The lowest BCUT2D eigenvalue weighted by atomic mass is 10.1. The largest absolute Gasteiger partial charge is 0.321 e. The van der Waals surface area contributed by atoms with Gasteiger partial charge in [0.15, 0.2) is 0 Å². The smallest absolute Gasteiger partial charge is 0.244 e. The van der Waals surface area contributed by atoms with Crippen molar-refractivity contribution in [3.63, 3.8) is 0 Å². The molecule has 1 aromatic carbocycles. The van der Waals surface area contributed by atoms with Gasteiger partial charge in [-0.1, -0.05) is 31.0 Å². The fraction of sp³-hybridized carbons (Fsp3) is 0.588. The van der Waals surface area contributed by atoms with Crippen molar-refractivity contribution < 1.29 is 9.18 Å². The molecule has 1 aliphatic heterocycles. The molecule has 2 saturated carbocycles. The van der Waals surface area contributed by atoms with E-state index in [-0.39, 0.29) is 23.4 Å². The maximum Gasteiger partial charge on any atom is 0.244 e. The minimum absolute atomic E-state index is 0.183. The molecule has 0 radical (unpaired) electrons. The van der Waals surface area contributed by atoms with Crippen molar-refractivity contribution in [3.8, 4) is 0 Å². The van der Waals surface area contributed by atoms with Gasteiger partial charge in [0.05, 0.1) is 0 Å². The van der Waals surface area contributed by atoms with Crippen LogP contribution < -0.4 is 5.32 Å². The quantitative estimate of drug-likeness (QED) is 0.927. The molecule has 1 heterocycles. The molecule has 0 bridgehead atoms. The van der Waals surface area contributed by atoms with Crippen molar-refractivity contribution in [3.05, 3.63) is 35.6 Å². The first kappa shape index (κ1) is 13.3. The van der Waals surface area contributed by atoms with Gasteiger partial charge in [-0.2, -0.15) is 0 Å². The lowest BCUT2D eigenvalue weighted by Gasteiger charge is -2.27. The number of halogens is 1. The number of nitrogens with one attached hydrogen (secondary N) is 1. The van der Waals surface area contributed by atoms with Crippen LogP contribution >= 0.6 is 0 Å². The summed E-state index contributed by atoms with van der Waals surface area (Å²) in [5.74, 6) is 0.540. The predicted octanol–water partition coefficient (Wildman–Crippen LogP) is 2.98. The molecule has 3 fully saturated rings. The van der Waals surface area contributed by atoms with Gasteiger partial charge in [-0.05, 0) is 37.7 Å². The highest BCUT2D eigenvalue weighted by atomic mass is 19.1. The summed E-state index contributed by atoms with van der Waals surface area (Å²) in [6.07, 6.45) is 6.39. The molecule has 21 heavy (non-hydrogen) atoms. The minimum Gasteiger partial charge on any atom is -0.321 e. The fourth-order valence-corrected chi connectivity index (χ4v) is 3.88. The van der Waals surface area contributed by atoms with E-state index < -0.39 is 0 Å². The van der Waals surface area contributed by atoms with Crippen LogP contribution in [0.25, 0.3) is 0 Å². The molecule has 3 aliphatic rings. The normalized spacial score (nSPS) is 27.8. The molecule has 1 unspecified atom stereocenters. The van der Waals surface area contributed by atoms with Crippen LogP contribution in [-0.4, -0.2) is 22.9 Å². The third-order valence-corrected chi connectivity index (χ3v) is 5.27. The standard InChI is InChI=1S/C17H21FN2O/c18-14-8-4-3-7-13(14)15-19-17(9-10-17)16(21)20(15)11-12-5-1-2-6-12/h3-4,7-8,12,15,19H,1-2,5-6,9-11H2. The molecule has 3 nitrogen and oxygen atoms in total. The molecule has 4 heteroatoms. The predicted molar refractivity (Wildman–Crippen MR) is 77.9 cm³/mol. The van der Waals surface area contributed by atoms with Gasteiger partial charge in [-0.25, -0.2) is 4.39 Å². The second-order valence-corrected chi connectivity index (χ2v) is 6.76. The van der Waals surface area contributed by atoms with Gasteiger partial charge in [0, 0.05) is 12.1 Å². The summed E-state index contributed by atoms with van der Waals surface area (Å²) in [6, 6.07) is 6.82. The molecular formula is C17H21FN2O. The topological polar surface area (TPSA) is 32.3 Å². The Labute approximate surface area is 124 Å². The van der Waals surface area contributed by atoms with E-state index in [1.54, 1.807) is 12.1 Å². The second-order valence-electron chi connectivity index (χ2n) is 6.76. The molecule has 0 aromatic heterocycles. The lowest BCUT2D eigenvalue weighted by Crippen LogP contribution is -2.35. The molecule has 4 rings (SSSR count). The lowest BCUT2D eigenvalue weighted by molar-refractivity contribution is -0.131. The summed E-state index contributed by atoms with van der Waals surface area (Å²) in [5, 5.41) is 3.41. The molecule has 1 atom stereocenters. The van der Waals surface area contributed by atoms with Gasteiger partial charge in [0.1, 0.15) is 17.5 Å². The van der Waals surface area contributed by atoms with Crippen LogP contribution in [0.5, 0.6) is 0 Å². The van der Waals surface area contributed by atoms with Crippen LogP contribution in [0.15, 0.2) is 24.3 Å². The van der Waals surface area contributed by atoms with E-state index >= 15 is 0 Å². The number of amides is 1. The van der Waals surface area contributed by atoms with Gasteiger partial charge in [-0.15, -0.1) is 0 Å². The van der Waals surface area contributed by atoms with Crippen molar-refractivity contribution in [1.29, 1.82) is 0 Å². The molecule has 1 saturated heterocycles. The molecule has 1 spiro atoms. The van der Waals surface area contributed by atoms with Gasteiger partial charge >= 0.3 is 0 Å². The zero-order valence-corrected chi connectivity index (χ0v) is 12.1. The van der Waals surface area contributed by atoms with Crippen LogP contribution in [0.2, 0.25) is 0 Å². The van der Waals surface area contributed by atoms with E-state index in [2.05, 4.69) is 5.32 Å². The third-order valence-electron chi connectivity index (χ3n) is 5.27. The number of nitrogens with zero attached hydrogens (tertiary/aromatic N) is 1. The van der Waals surface area contributed by atoms with Gasteiger partial charge in [-0.3, -0.25) is 10.1 Å². The summed E-state index contributed by atoms with van der Waals surface area (Å²) in [6.45, 7) is 0.770. The van der Waals surface area contributed by atoms with Crippen molar-refractivity contribution in [2.75, 3.05) is 6.54 Å². The van der Waals surface area contributed by atoms with Crippen molar-refractivity contribution in [2.45, 2.75) is 50.2 Å².